The van der Waals surface area contributed by atoms with Crippen molar-refractivity contribution < 1.29 is 17.9 Å². The van der Waals surface area contributed by atoms with Gasteiger partial charge in [-0.3, -0.25) is 0 Å². The number of esters is 1. The summed E-state index contributed by atoms with van der Waals surface area (Å²) in [5, 5.41) is 4.07. The molecule has 0 spiro atoms. The van der Waals surface area contributed by atoms with Gasteiger partial charge in [-0.15, -0.1) is 23.7 Å². The van der Waals surface area contributed by atoms with Gasteiger partial charge in [-0.1, -0.05) is 18.2 Å². The van der Waals surface area contributed by atoms with E-state index in [1.165, 1.54) is 7.11 Å². The second-order valence-corrected chi connectivity index (χ2v) is 9.38. The van der Waals surface area contributed by atoms with Crippen molar-refractivity contribution >= 4 is 49.8 Å². The number of methoxy groups -OCH3 is 1. The van der Waals surface area contributed by atoms with E-state index in [2.05, 4.69) is 10.0 Å². The Balaban J connectivity index is 0.00000196. The summed E-state index contributed by atoms with van der Waals surface area (Å²) in [6.45, 7) is 0. The van der Waals surface area contributed by atoms with Gasteiger partial charge in [0.1, 0.15) is 9.77 Å². The van der Waals surface area contributed by atoms with Crippen LogP contribution in [-0.2, 0) is 14.8 Å². The molecular formula is C17H21ClN2O4S2. The van der Waals surface area contributed by atoms with Crippen molar-refractivity contribution in [3.63, 3.8) is 0 Å². The second-order valence-electron chi connectivity index (χ2n) is 6.68. The Morgan fingerprint density at radius 3 is 2.54 bits per heavy atom. The molecule has 2 aliphatic rings. The summed E-state index contributed by atoms with van der Waals surface area (Å²) in [4.78, 5) is 12.3. The molecule has 2 aliphatic heterocycles. The number of hydrogen-bond donors (Lipinski definition) is 2. The Hall–Kier alpha value is -1.19. The molecule has 2 bridgehead atoms. The van der Waals surface area contributed by atoms with Gasteiger partial charge in [0.15, 0.2) is 0 Å². The molecule has 4 rings (SSSR count). The van der Waals surface area contributed by atoms with Gasteiger partial charge in [-0.25, -0.2) is 17.9 Å². The smallest absolute Gasteiger partial charge is 0.349 e. The van der Waals surface area contributed by atoms with Gasteiger partial charge in [0.25, 0.3) is 0 Å². The summed E-state index contributed by atoms with van der Waals surface area (Å²) in [6.07, 6.45) is 3.76. The number of thiophene rings is 1. The fourth-order valence-electron chi connectivity index (χ4n) is 3.95. The molecule has 26 heavy (non-hydrogen) atoms. The highest BCUT2D eigenvalue weighted by atomic mass is 35.5. The molecule has 2 unspecified atom stereocenters. The minimum Gasteiger partial charge on any atom is -0.465 e. The van der Waals surface area contributed by atoms with Crippen molar-refractivity contribution in [2.75, 3.05) is 7.11 Å². The number of carbonyl (C=O) groups excluding carboxylic acids is 1. The summed E-state index contributed by atoms with van der Waals surface area (Å²) < 4.78 is 34.6. The van der Waals surface area contributed by atoms with Crippen LogP contribution in [0.25, 0.3) is 10.1 Å². The van der Waals surface area contributed by atoms with Crippen molar-refractivity contribution in [3.05, 3.63) is 29.1 Å². The molecule has 3 heterocycles. The number of piperidine rings is 1. The number of ether oxygens (including phenoxy) is 1. The summed E-state index contributed by atoms with van der Waals surface area (Å²) in [5.74, 6) is -0.619. The molecule has 0 saturated carbocycles. The molecule has 2 atom stereocenters. The highest BCUT2D eigenvalue weighted by Crippen LogP contribution is 2.36. The zero-order valence-corrected chi connectivity index (χ0v) is 16.7. The number of fused-ring (bicyclic) bond motifs is 3. The SMILES string of the molecule is COC(=O)c1sc2ccccc2c1S(=O)(=O)NC1CC2CCC(C1)N2.Cl. The molecule has 6 nitrogen and oxygen atoms in total. The van der Waals surface area contributed by atoms with Crippen molar-refractivity contribution in [2.24, 2.45) is 0 Å². The summed E-state index contributed by atoms with van der Waals surface area (Å²) in [6, 6.07) is 7.81. The van der Waals surface area contributed by atoms with Crippen LogP contribution >= 0.6 is 23.7 Å². The van der Waals surface area contributed by atoms with E-state index in [4.69, 9.17) is 4.74 Å². The van der Waals surface area contributed by atoms with E-state index in [0.717, 1.165) is 41.7 Å². The number of benzene rings is 1. The summed E-state index contributed by atoms with van der Waals surface area (Å²) in [7, 11) is -2.55. The van der Waals surface area contributed by atoms with Crippen LogP contribution in [-0.4, -0.2) is 39.6 Å². The average Bonchev–Trinajstić information content (AvgIpc) is 3.14. The lowest BCUT2D eigenvalue weighted by molar-refractivity contribution is 0.0602. The van der Waals surface area contributed by atoms with Gasteiger partial charge >= 0.3 is 5.97 Å². The maximum absolute atomic E-state index is 13.1. The predicted molar refractivity (Wildman–Crippen MR) is 104 cm³/mol. The van der Waals surface area contributed by atoms with Gasteiger partial charge < -0.3 is 10.1 Å². The third-order valence-electron chi connectivity index (χ3n) is 4.98. The van der Waals surface area contributed by atoms with E-state index in [1.807, 2.05) is 12.1 Å². The molecule has 1 aromatic carbocycles. The lowest BCUT2D eigenvalue weighted by atomic mass is 10.0. The monoisotopic (exact) mass is 416 g/mol. The Bertz CT molecular complexity index is 916. The Morgan fingerprint density at radius 1 is 1.23 bits per heavy atom. The normalized spacial score (nSPS) is 25.0. The number of rotatable bonds is 4. The van der Waals surface area contributed by atoms with E-state index in [0.29, 0.717) is 17.5 Å². The highest BCUT2D eigenvalue weighted by Gasteiger charge is 2.37. The van der Waals surface area contributed by atoms with Crippen LogP contribution in [0.5, 0.6) is 0 Å². The maximum atomic E-state index is 13.1. The maximum Gasteiger partial charge on any atom is 0.349 e. The lowest BCUT2D eigenvalue weighted by Crippen LogP contribution is -2.48. The highest BCUT2D eigenvalue weighted by molar-refractivity contribution is 7.90. The first-order valence-corrected chi connectivity index (χ1v) is 10.7. The number of hydrogen-bond acceptors (Lipinski definition) is 6. The van der Waals surface area contributed by atoms with Crippen LogP contribution in [0.1, 0.15) is 35.4 Å². The Morgan fingerprint density at radius 2 is 1.88 bits per heavy atom. The Labute approximate surface area is 162 Å². The molecule has 2 N–H and O–H groups in total. The van der Waals surface area contributed by atoms with Crippen LogP contribution in [0.4, 0.5) is 0 Å². The molecule has 2 saturated heterocycles. The average molecular weight is 417 g/mol. The minimum absolute atomic E-state index is 0. The second kappa shape index (κ2) is 7.44. The fraction of sp³-hybridized carbons (Fsp3) is 0.471. The molecule has 9 heteroatoms. The topological polar surface area (TPSA) is 84.5 Å². The van der Waals surface area contributed by atoms with Crippen LogP contribution < -0.4 is 10.0 Å². The fourth-order valence-corrected chi connectivity index (χ4v) is 7.03. The van der Waals surface area contributed by atoms with E-state index >= 15 is 0 Å². The van der Waals surface area contributed by atoms with Crippen molar-refractivity contribution in [2.45, 2.75) is 48.7 Å². The molecular weight excluding hydrogens is 396 g/mol. The van der Waals surface area contributed by atoms with Gasteiger partial charge in [-0.05, 0) is 31.7 Å². The summed E-state index contributed by atoms with van der Waals surface area (Å²) in [5.41, 5.74) is 0. The predicted octanol–water partition coefficient (Wildman–Crippen LogP) is 2.67. The molecule has 1 aromatic heterocycles. The van der Waals surface area contributed by atoms with Crippen molar-refractivity contribution in [3.8, 4) is 0 Å². The van der Waals surface area contributed by atoms with Crippen LogP contribution in [0.3, 0.4) is 0 Å². The minimum atomic E-state index is -3.82. The number of nitrogens with one attached hydrogen (secondary N) is 2. The van der Waals surface area contributed by atoms with Gasteiger partial charge in [0, 0.05) is 28.2 Å². The summed E-state index contributed by atoms with van der Waals surface area (Å²) >= 11 is 1.15. The lowest BCUT2D eigenvalue weighted by Gasteiger charge is -2.29. The Kier molecular flexibility index (Phi) is 5.60. The van der Waals surface area contributed by atoms with Gasteiger partial charge in [0.2, 0.25) is 10.0 Å². The van der Waals surface area contributed by atoms with E-state index in [9.17, 15) is 13.2 Å². The zero-order valence-electron chi connectivity index (χ0n) is 14.2. The van der Waals surface area contributed by atoms with Crippen molar-refractivity contribution in [1.29, 1.82) is 0 Å². The largest absolute Gasteiger partial charge is 0.465 e. The molecule has 0 radical (unpaired) electrons. The first kappa shape index (κ1) is 19.6. The van der Waals surface area contributed by atoms with Crippen molar-refractivity contribution in [1.82, 2.24) is 10.0 Å². The third kappa shape index (κ3) is 3.48. The first-order chi connectivity index (χ1) is 12.0. The number of halogens is 1. The van der Waals surface area contributed by atoms with Gasteiger partial charge in [0.05, 0.1) is 7.11 Å². The van der Waals surface area contributed by atoms with E-state index in [-0.39, 0.29) is 28.2 Å². The molecule has 2 aromatic rings. The number of sulfonamides is 1. The third-order valence-corrected chi connectivity index (χ3v) is 7.87. The van der Waals surface area contributed by atoms with Crippen LogP contribution in [0.2, 0.25) is 0 Å². The number of carbonyl (C=O) groups is 1. The standard InChI is InChI=1S/C17H20N2O4S2.ClH/c1-23-17(20)15-16(13-4-2-3-5-14(13)24-15)25(21,22)19-12-8-10-6-7-11(9-12)18-10;/h2-5,10-12,18-19H,6-9H2,1H3;1H. The zero-order chi connectivity index (χ0) is 17.6. The molecule has 0 aliphatic carbocycles. The first-order valence-electron chi connectivity index (χ1n) is 8.36. The van der Waals surface area contributed by atoms with E-state index in [1.54, 1.807) is 12.1 Å². The van der Waals surface area contributed by atoms with Crippen LogP contribution in [0.15, 0.2) is 29.2 Å². The quantitative estimate of drug-likeness (QED) is 0.748. The molecule has 0 amide bonds. The molecule has 142 valence electrons. The molecule has 2 fully saturated rings. The van der Waals surface area contributed by atoms with E-state index < -0.39 is 16.0 Å². The van der Waals surface area contributed by atoms with Gasteiger partial charge in [-0.2, -0.15) is 0 Å². The van der Waals surface area contributed by atoms with Crippen LogP contribution in [0, 0.1) is 0 Å².